The predicted octanol–water partition coefficient (Wildman–Crippen LogP) is 2.12. The molecule has 0 N–H and O–H groups in total. The zero-order valence-corrected chi connectivity index (χ0v) is 11.0. The van der Waals surface area contributed by atoms with Gasteiger partial charge in [-0.1, -0.05) is 6.07 Å². The van der Waals surface area contributed by atoms with E-state index < -0.39 is 5.24 Å². The molecule has 2 rings (SSSR count). The van der Waals surface area contributed by atoms with E-state index in [9.17, 15) is 4.79 Å². The van der Waals surface area contributed by atoms with Crippen molar-refractivity contribution in [3.05, 3.63) is 29.8 Å². The summed E-state index contributed by atoms with van der Waals surface area (Å²) >= 11 is 5.44. The maximum Gasteiger partial charge on any atom is 0.252 e. The zero-order chi connectivity index (χ0) is 13.0. The van der Waals surface area contributed by atoms with Gasteiger partial charge in [-0.2, -0.15) is 0 Å². The fourth-order valence-electron chi connectivity index (χ4n) is 1.90. The summed E-state index contributed by atoms with van der Waals surface area (Å²) in [6.45, 7) is 5.16. The van der Waals surface area contributed by atoms with Gasteiger partial charge in [0.1, 0.15) is 12.0 Å². The maximum atomic E-state index is 11.1. The van der Waals surface area contributed by atoms with Crippen LogP contribution in [0.15, 0.2) is 24.3 Å². The first-order chi connectivity index (χ1) is 8.66. The highest BCUT2D eigenvalue weighted by Gasteiger charge is 2.18. The van der Waals surface area contributed by atoms with Crippen molar-refractivity contribution in [2.24, 2.45) is 0 Å². The van der Waals surface area contributed by atoms with E-state index in [1.165, 1.54) is 0 Å². The zero-order valence-electron chi connectivity index (χ0n) is 10.3. The van der Waals surface area contributed by atoms with Crippen LogP contribution in [0, 0.1) is 0 Å². The number of carbonyl (C=O) groups is 1. The van der Waals surface area contributed by atoms with Crippen LogP contribution in [0.3, 0.4) is 0 Å². The highest BCUT2D eigenvalue weighted by atomic mass is 35.5. The number of morpholine rings is 1. The molecule has 1 atom stereocenters. The highest BCUT2D eigenvalue weighted by molar-refractivity contribution is 6.67. The van der Waals surface area contributed by atoms with Crippen molar-refractivity contribution in [1.82, 2.24) is 4.90 Å². The lowest BCUT2D eigenvalue weighted by Crippen LogP contribution is -2.44. The van der Waals surface area contributed by atoms with E-state index in [1.807, 2.05) is 13.0 Å². The van der Waals surface area contributed by atoms with Gasteiger partial charge in [0.2, 0.25) is 0 Å². The third-order valence-corrected chi connectivity index (χ3v) is 3.15. The largest absolute Gasteiger partial charge is 0.475 e. The van der Waals surface area contributed by atoms with E-state index >= 15 is 0 Å². The number of hydrogen-bond donors (Lipinski definition) is 0. The lowest BCUT2D eigenvalue weighted by molar-refractivity contribution is -0.0373. The Bertz CT molecular complexity index is 418. The Morgan fingerprint density at radius 1 is 1.44 bits per heavy atom. The van der Waals surface area contributed by atoms with Crippen LogP contribution in [0.5, 0.6) is 5.75 Å². The maximum absolute atomic E-state index is 11.1. The molecule has 1 aromatic rings. The molecule has 4 nitrogen and oxygen atoms in total. The van der Waals surface area contributed by atoms with Crippen molar-refractivity contribution in [2.75, 3.05) is 26.3 Å². The molecule has 0 bridgehead atoms. The molecule has 0 aromatic heterocycles. The average molecular weight is 270 g/mol. The Morgan fingerprint density at radius 3 is 2.83 bits per heavy atom. The van der Waals surface area contributed by atoms with Gasteiger partial charge < -0.3 is 9.47 Å². The summed E-state index contributed by atoms with van der Waals surface area (Å²) in [5, 5.41) is -0.473. The van der Waals surface area contributed by atoms with Crippen molar-refractivity contribution in [1.29, 1.82) is 0 Å². The summed E-state index contributed by atoms with van der Waals surface area (Å²) in [5.41, 5.74) is 0.448. The second-order valence-corrected chi connectivity index (χ2v) is 4.51. The monoisotopic (exact) mass is 269 g/mol. The topological polar surface area (TPSA) is 38.8 Å². The number of carbonyl (C=O) groups excluding carboxylic acids is 1. The molecule has 0 saturated carbocycles. The standard InChI is InChI=1S/C13H16ClNO3/c1-10(15-5-7-17-8-6-15)18-12-4-2-3-11(9-12)13(14)16/h2-4,9-10H,5-8H2,1H3. The van der Waals surface area contributed by atoms with Gasteiger partial charge in [0.05, 0.1) is 13.2 Å². The molecule has 1 aliphatic heterocycles. The van der Waals surface area contributed by atoms with Crippen molar-refractivity contribution < 1.29 is 14.3 Å². The fourth-order valence-corrected chi connectivity index (χ4v) is 2.02. The van der Waals surface area contributed by atoms with Crippen molar-refractivity contribution >= 4 is 16.8 Å². The van der Waals surface area contributed by atoms with Gasteiger partial charge in [0.15, 0.2) is 0 Å². The molecule has 0 spiro atoms. The Morgan fingerprint density at radius 2 is 2.17 bits per heavy atom. The summed E-state index contributed by atoms with van der Waals surface area (Å²) in [6.07, 6.45) is -0.0467. The molecule has 18 heavy (non-hydrogen) atoms. The summed E-state index contributed by atoms with van der Waals surface area (Å²) < 4.78 is 11.1. The van der Waals surface area contributed by atoms with Gasteiger partial charge >= 0.3 is 0 Å². The first-order valence-corrected chi connectivity index (χ1v) is 6.33. The third kappa shape index (κ3) is 3.45. The minimum Gasteiger partial charge on any atom is -0.475 e. The highest BCUT2D eigenvalue weighted by Crippen LogP contribution is 2.17. The van der Waals surface area contributed by atoms with Gasteiger partial charge in [-0.25, -0.2) is 0 Å². The smallest absolute Gasteiger partial charge is 0.252 e. The quantitative estimate of drug-likeness (QED) is 0.785. The van der Waals surface area contributed by atoms with Crippen LogP contribution >= 0.6 is 11.6 Å². The molecule has 1 saturated heterocycles. The summed E-state index contributed by atoms with van der Waals surface area (Å²) in [4.78, 5) is 13.3. The molecule has 1 aromatic carbocycles. The van der Waals surface area contributed by atoms with Crippen molar-refractivity contribution in [3.8, 4) is 5.75 Å². The van der Waals surface area contributed by atoms with E-state index in [1.54, 1.807) is 18.2 Å². The molecule has 1 aliphatic rings. The third-order valence-electron chi connectivity index (χ3n) is 2.93. The van der Waals surface area contributed by atoms with Crippen LogP contribution in [0.1, 0.15) is 17.3 Å². The van der Waals surface area contributed by atoms with Gasteiger partial charge in [0.25, 0.3) is 5.24 Å². The van der Waals surface area contributed by atoms with Crippen LogP contribution in [0.2, 0.25) is 0 Å². The van der Waals surface area contributed by atoms with Crippen LogP contribution in [0.4, 0.5) is 0 Å². The summed E-state index contributed by atoms with van der Waals surface area (Å²) in [5.74, 6) is 0.653. The molecule has 0 aliphatic carbocycles. The molecule has 5 heteroatoms. The van der Waals surface area contributed by atoms with Crippen LogP contribution in [-0.4, -0.2) is 42.7 Å². The summed E-state index contributed by atoms with van der Waals surface area (Å²) in [6, 6.07) is 6.91. The second kappa shape index (κ2) is 6.18. The Kier molecular flexibility index (Phi) is 4.58. The normalized spacial score (nSPS) is 18.3. The van der Waals surface area contributed by atoms with Gasteiger partial charge in [-0.15, -0.1) is 0 Å². The molecule has 98 valence electrons. The SMILES string of the molecule is CC(Oc1cccc(C(=O)Cl)c1)N1CCOCC1. The summed E-state index contributed by atoms with van der Waals surface area (Å²) in [7, 11) is 0. The molecular formula is C13H16ClNO3. The molecule has 1 heterocycles. The van der Waals surface area contributed by atoms with E-state index in [4.69, 9.17) is 21.1 Å². The van der Waals surface area contributed by atoms with Crippen LogP contribution in [0.25, 0.3) is 0 Å². The number of ether oxygens (including phenoxy) is 2. The molecule has 1 fully saturated rings. The van der Waals surface area contributed by atoms with E-state index in [2.05, 4.69) is 4.90 Å². The number of benzene rings is 1. The van der Waals surface area contributed by atoms with Crippen LogP contribution in [-0.2, 0) is 4.74 Å². The fraction of sp³-hybridized carbons (Fsp3) is 0.462. The minimum atomic E-state index is -0.473. The predicted molar refractivity (Wildman–Crippen MR) is 69.1 cm³/mol. The van der Waals surface area contributed by atoms with Crippen LogP contribution < -0.4 is 4.74 Å². The molecule has 1 unspecified atom stereocenters. The van der Waals surface area contributed by atoms with E-state index in [0.717, 1.165) is 26.3 Å². The number of rotatable bonds is 4. The average Bonchev–Trinajstić information content (AvgIpc) is 2.40. The second-order valence-electron chi connectivity index (χ2n) is 4.17. The first kappa shape index (κ1) is 13.3. The number of nitrogens with zero attached hydrogens (tertiary/aromatic N) is 1. The molecule has 0 radical (unpaired) electrons. The van der Waals surface area contributed by atoms with Gasteiger partial charge in [-0.05, 0) is 36.7 Å². The van der Waals surface area contributed by atoms with Crippen molar-refractivity contribution in [2.45, 2.75) is 13.2 Å². The molecule has 0 amide bonds. The Labute approximate surface area is 111 Å². The first-order valence-electron chi connectivity index (χ1n) is 5.95. The van der Waals surface area contributed by atoms with E-state index in [0.29, 0.717) is 11.3 Å². The Hall–Kier alpha value is -1.10. The van der Waals surface area contributed by atoms with Gasteiger partial charge in [0, 0.05) is 18.7 Å². The van der Waals surface area contributed by atoms with Crippen molar-refractivity contribution in [3.63, 3.8) is 0 Å². The Balaban J connectivity index is 1.99. The lowest BCUT2D eigenvalue weighted by Gasteiger charge is -2.32. The minimum absolute atomic E-state index is 0.0467. The molecular weight excluding hydrogens is 254 g/mol. The van der Waals surface area contributed by atoms with E-state index in [-0.39, 0.29) is 6.23 Å². The lowest BCUT2D eigenvalue weighted by atomic mass is 10.2. The van der Waals surface area contributed by atoms with Gasteiger partial charge in [-0.3, -0.25) is 9.69 Å². The number of halogens is 1. The number of hydrogen-bond acceptors (Lipinski definition) is 4.